The number of carbonyl (C=O) groups is 4. The maximum atomic E-state index is 11.5. The van der Waals surface area contributed by atoms with Crippen LogP contribution in [0.4, 0.5) is 0 Å². The molecule has 2 atom stereocenters. The average Bonchev–Trinajstić information content (AvgIpc) is 2.46. The van der Waals surface area contributed by atoms with Crippen molar-refractivity contribution in [2.24, 2.45) is 11.5 Å². The van der Waals surface area contributed by atoms with Crippen LogP contribution in [0.5, 0.6) is 0 Å². The van der Waals surface area contributed by atoms with Crippen molar-refractivity contribution in [1.29, 1.82) is 0 Å². The number of cyclic esters (lactones) is 4. The van der Waals surface area contributed by atoms with Gasteiger partial charge in [-0.1, -0.05) is 0 Å². The van der Waals surface area contributed by atoms with E-state index >= 15 is 0 Å². The van der Waals surface area contributed by atoms with Crippen LogP contribution in [-0.2, 0) is 38.1 Å². The van der Waals surface area contributed by atoms with E-state index in [0.29, 0.717) is 0 Å². The van der Waals surface area contributed by atoms with Crippen molar-refractivity contribution in [3.8, 4) is 0 Å². The Bertz CT molecular complexity index is 399. The molecule has 4 N–H and O–H groups in total. The second-order valence-corrected chi connectivity index (χ2v) is 4.40. The molecule has 1 heterocycles. The molecule has 1 rings (SSSR count). The van der Waals surface area contributed by atoms with E-state index in [9.17, 15) is 19.2 Å². The molecule has 0 aromatic rings. The van der Waals surface area contributed by atoms with Crippen molar-refractivity contribution in [3.63, 3.8) is 0 Å². The SMILES string of the molecule is N[C@H]1CC(=O)OCCOC(=O)C[C@H](N)C(=O)OCCOC1=O. The Kier molecular flexibility index (Phi) is 7.26. The molecule has 0 saturated carbocycles. The summed E-state index contributed by atoms with van der Waals surface area (Å²) in [6.07, 6.45) is -0.755. The Hall–Kier alpha value is -2.20. The Morgan fingerprint density at radius 1 is 0.636 bits per heavy atom. The van der Waals surface area contributed by atoms with Crippen molar-refractivity contribution >= 4 is 23.9 Å². The van der Waals surface area contributed by atoms with Crippen molar-refractivity contribution in [1.82, 2.24) is 0 Å². The largest absolute Gasteiger partial charge is 0.462 e. The van der Waals surface area contributed by atoms with Crippen LogP contribution in [0.2, 0.25) is 0 Å². The predicted octanol–water partition coefficient (Wildman–Crippen LogP) is -2.39. The molecule has 0 radical (unpaired) electrons. The van der Waals surface area contributed by atoms with Gasteiger partial charge in [0.15, 0.2) is 0 Å². The summed E-state index contributed by atoms with van der Waals surface area (Å²) in [7, 11) is 0. The topological polar surface area (TPSA) is 157 Å². The number of nitrogens with two attached hydrogens (primary N) is 2. The second kappa shape index (κ2) is 8.95. The van der Waals surface area contributed by atoms with Crippen LogP contribution in [0.3, 0.4) is 0 Å². The molecular weight excluding hydrogens is 300 g/mol. The van der Waals surface area contributed by atoms with Gasteiger partial charge in [-0.05, 0) is 0 Å². The van der Waals surface area contributed by atoms with Gasteiger partial charge < -0.3 is 30.4 Å². The highest BCUT2D eigenvalue weighted by atomic mass is 16.6. The fraction of sp³-hybridized carbons (Fsp3) is 0.667. The minimum Gasteiger partial charge on any atom is -0.462 e. The highest BCUT2D eigenvalue weighted by Gasteiger charge is 2.22. The van der Waals surface area contributed by atoms with Gasteiger partial charge in [0, 0.05) is 0 Å². The fourth-order valence-corrected chi connectivity index (χ4v) is 1.45. The standard InChI is InChI=1S/C12H18N2O8/c13-7-5-9(15)19-1-2-20-10(16)6-8(14)12(18)22-4-3-21-11(7)17/h7-8H,1-6,13-14H2/t7-,8-/m0/s1. The first kappa shape index (κ1) is 17.9. The van der Waals surface area contributed by atoms with E-state index in [2.05, 4.69) is 0 Å². The monoisotopic (exact) mass is 318 g/mol. The van der Waals surface area contributed by atoms with Crippen molar-refractivity contribution in [3.05, 3.63) is 0 Å². The molecule has 0 aliphatic carbocycles. The first-order valence-corrected chi connectivity index (χ1v) is 6.56. The molecule has 1 aliphatic rings. The summed E-state index contributed by atoms with van der Waals surface area (Å²) in [4.78, 5) is 45.6. The van der Waals surface area contributed by atoms with Crippen LogP contribution < -0.4 is 11.5 Å². The lowest BCUT2D eigenvalue weighted by molar-refractivity contribution is -0.160. The third-order valence-corrected chi connectivity index (χ3v) is 2.56. The third kappa shape index (κ3) is 6.50. The van der Waals surface area contributed by atoms with E-state index in [-0.39, 0.29) is 39.3 Å². The van der Waals surface area contributed by atoms with E-state index in [1.54, 1.807) is 0 Å². The molecule has 0 spiro atoms. The lowest BCUT2D eigenvalue weighted by Crippen LogP contribution is -2.38. The Morgan fingerprint density at radius 2 is 0.955 bits per heavy atom. The van der Waals surface area contributed by atoms with Crippen LogP contribution in [-0.4, -0.2) is 62.4 Å². The predicted molar refractivity (Wildman–Crippen MR) is 69.0 cm³/mol. The number of hydrogen-bond donors (Lipinski definition) is 2. The summed E-state index contributed by atoms with van der Waals surface area (Å²) >= 11 is 0. The number of ether oxygens (including phenoxy) is 4. The normalized spacial score (nSPS) is 26.5. The lowest BCUT2D eigenvalue weighted by Gasteiger charge is -2.14. The van der Waals surface area contributed by atoms with Gasteiger partial charge in [0.1, 0.15) is 38.5 Å². The first-order valence-electron chi connectivity index (χ1n) is 6.56. The molecule has 124 valence electrons. The van der Waals surface area contributed by atoms with Crippen LogP contribution in [0.15, 0.2) is 0 Å². The molecule has 0 bridgehead atoms. The van der Waals surface area contributed by atoms with Gasteiger partial charge in [-0.15, -0.1) is 0 Å². The Morgan fingerprint density at radius 3 is 1.32 bits per heavy atom. The van der Waals surface area contributed by atoms with E-state index in [4.69, 9.17) is 30.4 Å². The molecule has 10 heteroatoms. The van der Waals surface area contributed by atoms with Crippen LogP contribution in [0, 0.1) is 0 Å². The van der Waals surface area contributed by atoms with E-state index in [1.807, 2.05) is 0 Å². The summed E-state index contributed by atoms with van der Waals surface area (Å²) in [6.45, 7) is -0.896. The molecule has 0 unspecified atom stereocenters. The Labute approximate surface area is 126 Å². The third-order valence-electron chi connectivity index (χ3n) is 2.56. The van der Waals surface area contributed by atoms with Gasteiger partial charge in [0.25, 0.3) is 0 Å². The van der Waals surface area contributed by atoms with E-state index in [0.717, 1.165) is 0 Å². The zero-order chi connectivity index (χ0) is 16.5. The molecule has 10 nitrogen and oxygen atoms in total. The summed E-state index contributed by atoms with van der Waals surface area (Å²) in [6, 6.07) is -2.39. The number of carbonyl (C=O) groups excluding carboxylic acids is 4. The zero-order valence-corrected chi connectivity index (χ0v) is 11.8. The number of hydrogen-bond acceptors (Lipinski definition) is 10. The molecule has 22 heavy (non-hydrogen) atoms. The van der Waals surface area contributed by atoms with Crippen molar-refractivity contribution < 1.29 is 38.1 Å². The first-order chi connectivity index (χ1) is 10.4. The molecule has 1 saturated heterocycles. The highest BCUT2D eigenvalue weighted by molar-refractivity contribution is 5.83. The van der Waals surface area contributed by atoms with Gasteiger partial charge in [0.2, 0.25) is 0 Å². The average molecular weight is 318 g/mol. The van der Waals surface area contributed by atoms with Crippen LogP contribution >= 0.6 is 0 Å². The van der Waals surface area contributed by atoms with Gasteiger partial charge >= 0.3 is 23.9 Å². The number of rotatable bonds is 0. The Balaban J connectivity index is 2.59. The molecule has 0 aromatic heterocycles. The van der Waals surface area contributed by atoms with Gasteiger partial charge in [-0.2, -0.15) is 0 Å². The van der Waals surface area contributed by atoms with Crippen molar-refractivity contribution in [2.45, 2.75) is 24.9 Å². The second-order valence-electron chi connectivity index (χ2n) is 4.40. The summed E-state index contributed by atoms with van der Waals surface area (Å²) in [5.41, 5.74) is 10.9. The molecule has 0 amide bonds. The minimum absolute atomic E-state index is 0.202. The van der Waals surface area contributed by atoms with Crippen LogP contribution in [0.25, 0.3) is 0 Å². The summed E-state index contributed by atoms with van der Waals surface area (Å²) < 4.78 is 18.9. The minimum atomic E-state index is -1.19. The molecule has 1 aliphatic heterocycles. The van der Waals surface area contributed by atoms with Crippen molar-refractivity contribution in [2.75, 3.05) is 26.4 Å². The van der Waals surface area contributed by atoms with Gasteiger partial charge in [-0.25, -0.2) is 0 Å². The maximum absolute atomic E-state index is 11.5. The number of esters is 4. The zero-order valence-electron chi connectivity index (χ0n) is 11.8. The van der Waals surface area contributed by atoms with Gasteiger partial charge in [-0.3, -0.25) is 19.2 Å². The van der Waals surface area contributed by atoms with Gasteiger partial charge in [0.05, 0.1) is 12.8 Å². The molecular formula is C12H18N2O8. The highest BCUT2D eigenvalue weighted by Crippen LogP contribution is 1.99. The quantitative estimate of drug-likeness (QED) is 0.364. The lowest BCUT2D eigenvalue weighted by atomic mass is 10.2. The maximum Gasteiger partial charge on any atom is 0.323 e. The summed E-state index contributed by atoms with van der Waals surface area (Å²) in [5, 5.41) is 0. The van der Waals surface area contributed by atoms with E-state index < -0.39 is 36.0 Å². The molecule has 1 fully saturated rings. The van der Waals surface area contributed by atoms with E-state index in [1.165, 1.54) is 0 Å². The fourth-order valence-electron chi connectivity index (χ4n) is 1.45. The molecule has 0 aromatic carbocycles. The summed E-state index contributed by atoms with van der Waals surface area (Å²) in [5.74, 6) is -3.10. The smallest absolute Gasteiger partial charge is 0.323 e. The van der Waals surface area contributed by atoms with Crippen LogP contribution in [0.1, 0.15) is 12.8 Å².